The summed E-state index contributed by atoms with van der Waals surface area (Å²) in [6.45, 7) is 17.6. The largest absolute Gasteiger partial charge is 0.492 e. The lowest BCUT2D eigenvalue weighted by molar-refractivity contribution is -0.161. The molecule has 2 aromatic rings. The molecule has 0 bridgehead atoms. The first-order chi connectivity index (χ1) is 31.9. The van der Waals surface area contributed by atoms with Crippen molar-refractivity contribution in [3.8, 4) is 22.6 Å². The number of carbonyl (C=O) groups excluding carboxylic acids is 7. The van der Waals surface area contributed by atoms with Crippen LogP contribution >= 0.6 is 0 Å². The zero-order valence-electron chi connectivity index (χ0n) is 39.7. The Bertz CT molecular complexity index is 2060. The Hall–Kier alpha value is -6.51. The molecule has 15 heteroatoms. The predicted molar refractivity (Wildman–Crippen MR) is 248 cm³/mol. The number of esters is 7. The molecule has 0 amide bonds. The van der Waals surface area contributed by atoms with Gasteiger partial charge in [-0.05, 0) is 99.2 Å². The molecule has 0 N–H and O–H groups in total. The monoisotopic (exact) mass is 930 g/mol. The first-order valence-corrected chi connectivity index (χ1v) is 22.5. The van der Waals surface area contributed by atoms with Crippen LogP contribution < -0.4 is 9.47 Å². The molecule has 0 heterocycles. The van der Waals surface area contributed by atoms with Crippen LogP contribution in [0.1, 0.15) is 97.0 Å². The molecule has 0 aliphatic heterocycles. The number of methoxy groups -OCH3 is 2. The molecule has 364 valence electrons. The Balaban J connectivity index is 1.94. The van der Waals surface area contributed by atoms with Crippen LogP contribution in [0.4, 0.5) is 0 Å². The van der Waals surface area contributed by atoms with Gasteiger partial charge in [0.25, 0.3) is 0 Å². The van der Waals surface area contributed by atoms with Gasteiger partial charge in [-0.1, -0.05) is 77.1 Å². The van der Waals surface area contributed by atoms with Gasteiger partial charge in [0.05, 0.1) is 39.6 Å². The molecule has 1 saturated carbocycles. The maximum Gasteiger partial charge on any atom is 0.334 e. The summed E-state index contributed by atoms with van der Waals surface area (Å²) >= 11 is 0. The van der Waals surface area contributed by atoms with Crippen molar-refractivity contribution in [3.63, 3.8) is 0 Å². The molecule has 3 rings (SSSR count). The fourth-order valence-electron chi connectivity index (χ4n) is 7.03. The second-order valence-electron chi connectivity index (χ2n) is 17.0. The number of rotatable bonds is 28. The van der Waals surface area contributed by atoms with Gasteiger partial charge in [-0.25, -0.2) is 19.2 Å². The van der Waals surface area contributed by atoms with Gasteiger partial charge in [0.15, 0.2) is 0 Å². The molecule has 15 nitrogen and oxygen atoms in total. The molecule has 0 aromatic heterocycles. The van der Waals surface area contributed by atoms with E-state index in [-0.39, 0.29) is 40.8 Å². The minimum Gasteiger partial charge on any atom is -0.492 e. The quantitative estimate of drug-likeness (QED) is 0.0259. The van der Waals surface area contributed by atoms with Crippen LogP contribution in [0.15, 0.2) is 91.1 Å². The molecule has 0 unspecified atom stereocenters. The summed E-state index contributed by atoms with van der Waals surface area (Å²) < 4.78 is 43.6. The zero-order valence-corrected chi connectivity index (χ0v) is 39.7. The highest BCUT2D eigenvalue weighted by molar-refractivity contribution is 5.94. The van der Waals surface area contributed by atoms with Gasteiger partial charge < -0.3 is 37.9 Å². The van der Waals surface area contributed by atoms with Gasteiger partial charge in [0, 0.05) is 22.3 Å². The average molecular weight is 931 g/mol. The molecule has 0 saturated heterocycles. The standard InChI is InChI=1S/C52H66O15/c1-10-11-12-14-38-16-18-40(19-17-38)51(59)67-43-23-20-39(21-24-43)41-22-25-44(42(29-41)15-13-26-62-47(55)34(2)3)63-30-52(31-64-48(56)35(4)5,32-65-49(57)36(6)27-45(53)60-8)33-66-50(58)37(7)28-46(54)61-9/h20-25,29,38,40H,2,4,6-7,10-19,26-28,30-33H2,1,3,5,8-9H3. The number of aryl methyl sites for hydroxylation is 1. The summed E-state index contributed by atoms with van der Waals surface area (Å²) in [5.41, 5.74) is 0.427. The summed E-state index contributed by atoms with van der Waals surface area (Å²) in [5, 5.41) is 0. The smallest absolute Gasteiger partial charge is 0.334 e. The SMILES string of the molecule is C=C(C)C(=O)OCCCc1cc(-c2ccc(OC(=O)C3CCC(CCCCC)CC3)cc2)ccc1OCC(COC(=O)C(=C)C)(COC(=O)C(=C)CC(=O)OC)COC(=O)C(=C)CC(=O)OC. The van der Waals surface area contributed by atoms with E-state index in [9.17, 15) is 33.6 Å². The third-order valence-corrected chi connectivity index (χ3v) is 11.2. The van der Waals surface area contributed by atoms with Crippen LogP contribution in [0.25, 0.3) is 11.1 Å². The Labute approximate surface area is 393 Å². The number of hydrogen-bond acceptors (Lipinski definition) is 15. The van der Waals surface area contributed by atoms with Crippen molar-refractivity contribution in [1.82, 2.24) is 0 Å². The molecule has 0 atom stereocenters. The molecule has 2 aromatic carbocycles. The molecule has 1 aliphatic carbocycles. The zero-order chi connectivity index (χ0) is 49.5. The van der Waals surface area contributed by atoms with Gasteiger partial charge in [-0.15, -0.1) is 0 Å². The van der Waals surface area contributed by atoms with Crippen LogP contribution in [0, 0.1) is 17.3 Å². The van der Waals surface area contributed by atoms with Gasteiger partial charge in [-0.2, -0.15) is 0 Å². The van der Waals surface area contributed by atoms with Crippen LogP contribution in [-0.2, 0) is 68.4 Å². The van der Waals surface area contributed by atoms with Gasteiger partial charge in [-0.3, -0.25) is 14.4 Å². The van der Waals surface area contributed by atoms with E-state index in [0.29, 0.717) is 35.8 Å². The molecular weight excluding hydrogens is 865 g/mol. The van der Waals surface area contributed by atoms with E-state index in [1.54, 1.807) is 31.2 Å². The van der Waals surface area contributed by atoms with E-state index in [4.69, 9.17) is 28.4 Å². The van der Waals surface area contributed by atoms with Crippen molar-refractivity contribution in [3.05, 3.63) is 96.6 Å². The number of benzene rings is 2. The summed E-state index contributed by atoms with van der Waals surface area (Å²) in [4.78, 5) is 88.0. The Morgan fingerprint density at radius 3 is 1.67 bits per heavy atom. The fraction of sp³-hybridized carbons (Fsp3) is 0.481. The van der Waals surface area contributed by atoms with Crippen LogP contribution in [0.3, 0.4) is 0 Å². The fourth-order valence-corrected chi connectivity index (χ4v) is 7.03. The molecule has 67 heavy (non-hydrogen) atoms. The van der Waals surface area contributed by atoms with E-state index in [1.165, 1.54) is 32.6 Å². The maximum absolute atomic E-state index is 13.1. The predicted octanol–water partition coefficient (Wildman–Crippen LogP) is 8.51. The van der Waals surface area contributed by atoms with Crippen molar-refractivity contribution < 1.29 is 71.5 Å². The van der Waals surface area contributed by atoms with Crippen LogP contribution in [-0.4, -0.2) is 89.0 Å². The lowest BCUT2D eigenvalue weighted by Crippen LogP contribution is -2.44. The van der Waals surface area contributed by atoms with Crippen molar-refractivity contribution >= 4 is 41.8 Å². The molecule has 1 aliphatic rings. The molecule has 0 radical (unpaired) electrons. The second-order valence-corrected chi connectivity index (χ2v) is 17.0. The average Bonchev–Trinajstić information content (AvgIpc) is 3.32. The first kappa shape index (κ1) is 54.8. The Morgan fingerprint density at radius 2 is 1.15 bits per heavy atom. The van der Waals surface area contributed by atoms with Crippen molar-refractivity contribution in [2.75, 3.05) is 47.3 Å². The maximum atomic E-state index is 13.1. The minimum atomic E-state index is -1.62. The Kier molecular flexibility index (Phi) is 22.8. The molecule has 0 spiro atoms. The number of hydrogen-bond donors (Lipinski definition) is 0. The highest BCUT2D eigenvalue weighted by Gasteiger charge is 2.38. The van der Waals surface area contributed by atoms with Crippen LogP contribution in [0.2, 0.25) is 0 Å². The topological polar surface area (TPSA) is 193 Å². The van der Waals surface area contributed by atoms with E-state index in [1.807, 2.05) is 18.2 Å². The van der Waals surface area contributed by atoms with Crippen molar-refractivity contribution in [1.29, 1.82) is 0 Å². The number of ether oxygens (including phenoxy) is 8. The van der Waals surface area contributed by atoms with Crippen LogP contribution in [0.5, 0.6) is 11.5 Å². The van der Waals surface area contributed by atoms with E-state index < -0.39 is 80.5 Å². The summed E-state index contributed by atoms with van der Waals surface area (Å²) in [5.74, 6) is -3.70. The lowest BCUT2D eigenvalue weighted by atomic mass is 9.80. The summed E-state index contributed by atoms with van der Waals surface area (Å²) in [7, 11) is 2.29. The van der Waals surface area contributed by atoms with Gasteiger partial charge in [0.2, 0.25) is 0 Å². The minimum absolute atomic E-state index is 0.0496. The normalized spacial score (nSPS) is 14.3. The Morgan fingerprint density at radius 1 is 0.627 bits per heavy atom. The van der Waals surface area contributed by atoms with Gasteiger partial charge >= 0.3 is 41.8 Å². The third kappa shape index (κ3) is 18.7. The van der Waals surface area contributed by atoms with E-state index >= 15 is 0 Å². The van der Waals surface area contributed by atoms with Crippen molar-refractivity contribution in [2.24, 2.45) is 17.3 Å². The lowest BCUT2D eigenvalue weighted by Gasteiger charge is -2.32. The second kappa shape index (κ2) is 27.8. The highest BCUT2D eigenvalue weighted by atomic mass is 16.6. The van der Waals surface area contributed by atoms with E-state index in [0.717, 1.165) is 51.0 Å². The highest BCUT2D eigenvalue weighted by Crippen LogP contribution is 2.35. The number of carbonyl (C=O) groups is 7. The molecular formula is C52H66O15. The summed E-state index contributed by atoms with van der Waals surface area (Å²) in [6.07, 6.45) is 8.36. The van der Waals surface area contributed by atoms with Gasteiger partial charge in [0.1, 0.15) is 43.3 Å². The van der Waals surface area contributed by atoms with E-state index in [2.05, 4.69) is 42.7 Å². The first-order valence-electron chi connectivity index (χ1n) is 22.5. The molecule has 1 fully saturated rings. The third-order valence-electron chi connectivity index (χ3n) is 11.2. The number of unbranched alkanes of at least 4 members (excludes halogenated alkanes) is 2. The summed E-state index contributed by atoms with van der Waals surface area (Å²) in [6, 6.07) is 12.6. The van der Waals surface area contributed by atoms with Crippen molar-refractivity contribution in [2.45, 2.75) is 97.8 Å².